The Labute approximate surface area is 122 Å². The monoisotopic (exact) mass is 274 g/mol. The number of rotatable bonds is 5. The number of ether oxygens (including phenoxy) is 1. The van der Waals surface area contributed by atoms with Gasteiger partial charge in [-0.15, -0.1) is 0 Å². The molecule has 3 nitrogen and oxygen atoms in total. The smallest absolute Gasteiger partial charge is 0.122 e. The van der Waals surface area contributed by atoms with Crippen molar-refractivity contribution in [1.82, 2.24) is 10.2 Å². The maximum atomic E-state index is 5.42. The molecule has 110 valence electrons. The molecule has 1 aromatic carbocycles. The maximum Gasteiger partial charge on any atom is 0.122 e. The summed E-state index contributed by atoms with van der Waals surface area (Å²) in [5, 5.41) is 3.38. The van der Waals surface area contributed by atoms with Crippen LogP contribution in [0, 0.1) is 0 Å². The van der Waals surface area contributed by atoms with E-state index in [0.29, 0.717) is 5.92 Å². The summed E-state index contributed by atoms with van der Waals surface area (Å²) in [6.45, 7) is 9.93. The van der Waals surface area contributed by atoms with Crippen molar-refractivity contribution < 1.29 is 4.74 Å². The first-order chi connectivity index (χ1) is 9.70. The molecule has 1 aliphatic heterocycles. The predicted octanol–water partition coefficient (Wildman–Crippen LogP) is 2.74. The molecule has 20 heavy (non-hydrogen) atoms. The molecule has 0 saturated carbocycles. The number of nitrogens with one attached hydrogen (secondary N) is 1. The van der Waals surface area contributed by atoms with Crippen LogP contribution in [0.5, 0.6) is 5.75 Å². The second-order valence-electron chi connectivity index (χ2n) is 5.61. The van der Waals surface area contributed by atoms with Gasteiger partial charge in [-0.1, -0.05) is 32.1 Å². The fourth-order valence-corrected chi connectivity index (χ4v) is 2.54. The van der Waals surface area contributed by atoms with Gasteiger partial charge in [0, 0.05) is 32.7 Å². The largest absolute Gasteiger partial charge is 0.496 e. The second-order valence-corrected chi connectivity index (χ2v) is 5.61. The van der Waals surface area contributed by atoms with Crippen LogP contribution in [0.15, 0.2) is 24.3 Å². The van der Waals surface area contributed by atoms with Gasteiger partial charge in [0.2, 0.25) is 0 Å². The first-order valence-corrected chi connectivity index (χ1v) is 7.48. The summed E-state index contributed by atoms with van der Waals surface area (Å²) in [7, 11) is 1.74. The van der Waals surface area contributed by atoms with Crippen LogP contribution >= 0.6 is 0 Å². The third-order valence-electron chi connectivity index (χ3n) is 3.76. The highest BCUT2D eigenvalue weighted by atomic mass is 16.5. The molecular formula is C17H26N2O. The summed E-state index contributed by atoms with van der Waals surface area (Å²) in [5.41, 5.74) is 2.53. The van der Waals surface area contributed by atoms with Crippen LogP contribution in [0.4, 0.5) is 0 Å². The molecule has 0 radical (unpaired) electrons. The highest BCUT2D eigenvalue weighted by Gasteiger charge is 2.08. The Kier molecular flexibility index (Phi) is 5.62. The molecule has 3 heteroatoms. The molecule has 0 bridgehead atoms. The first kappa shape index (κ1) is 15.1. The quantitative estimate of drug-likeness (QED) is 0.893. The summed E-state index contributed by atoms with van der Waals surface area (Å²) in [6, 6.07) is 6.43. The first-order valence-electron chi connectivity index (χ1n) is 7.48. The van der Waals surface area contributed by atoms with Gasteiger partial charge in [0.15, 0.2) is 0 Å². The topological polar surface area (TPSA) is 24.5 Å². The Morgan fingerprint density at radius 1 is 1.30 bits per heavy atom. The summed E-state index contributed by atoms with van der Waals surface area (Å²) >= 11 is 0. The van der Waals surface area contributed by atoms with Crippen molar-refractivity contribution in [1.29, 1.82) is 0 Å². The van der Waals surface area contributed by atoms with E-state index in [1.54, 1.807) is 7.11 Å². The molecule has 0 aromatic heterocycles. The SMILES string of the molecule is COc1ccc(/C=C/CN2CCNCC2)cc1C(C)C. The second kappa shape index (κ2) is 7.46. The molecule has 1 fully saturated rings. The van der Waals surface area contributed by atoms with E-state index in [2.05, 4.69) is 54.4 Å². The van der Waals surface area contributed by atoms with Crippen molar-refractivity contribution in [3.63, 3.8) is 0 Å². The zero-order valence-corrected chi connectivity index (χ0v) is 12.9. The minimum Gasteiger partial charge on any atom is -0.496 e. The van der Waals surface area contributed by atoms with Gasteiger partial charge in [0.05, 0.1) is 7.11 Å². The van der Waals surface area contributed by atoms with Gasteiger partial charge in [0.1, 0.15) is 5.75 Å². The Morgan fingerprint density at radius 2 is 2.05 bits per heavy atom. The van der Waals surface area contributed by atoms with Crippen molar-refractivity contribution in [2.75, 3.05) is 39.8 Å². The predicted molar refractivity (Wildman–Crippen MR) is 85.4 cm³/mol. The van der Waals surface area contributed by atoms with E-state index in [4.69, 9.17) is 4.74 Å². The number of hydrogen-bond donors (Lipinski definition) is 1. The molecule has 1 saturated heterocycles. The van der Waals surface area contributed by atoms with Gasteiger partial charge in [-0.25, -0.2) is 0 Å². The van der Waals surface area contributed by atoms with Gasteiger partial charge in [-0.3, -0.25) is 4.90 Å². The minimum absolute atomic E-state index is 0.478. The van der Waals surface area contributed by atoms with Crippen molar-refractivity contribution in [2.45, 2.75) is 19.8 Å². The van der Waals surface area contributed by atoms with E-state index >= 15 is 0 Å². The fourth-order valence-electron chi connectivity index (χ4n) is 2.54. The van der Waals surface area contributed by atoms with E-state index in [-0.39, 0.29) is 0 Å². The average molecular weight is 274 g/mol. The van der Waals surface area contributed by atoms with Crippen LogP contribution < -0.4 is 10.1 Å². The highest BCUT2D eigenvalue weighted by molar-refractivity contribution is 5.54. The van der Waals surface area contributed by atoms with Crippen molar-refractivity contribution >= 4 is 6.08 Å². The number of piperazine rings is 1. The normalized spacial score (nSPS) is 17.0. The molecule has 0 aliphatic carbocycles. The molecule has 1 N–H and O–H groups in total. The molecule has 0 unspecified atom stereocenters. The van der Waals surface area contributed by atoms with Gasteiger partial charge in [-0.05, 0) is 29.2 Å². The van der Waals surface area contributed by atoms with Crippen molar-refractivity contribution in [2.24, 2.45) is 0 Å². The number of benzene rings is 1. The van der Waals surface area contributed by atoms with Crippen molar-refractivity contribution in [3.8, 4) is 5.75 Å². The Hall–Kier alpha value is -1.32. The Balaban J connectivity index is 1.99. The third kappa shape index (κ3) is 4.09. The van der Waals surface area contributed by atoms with E-state index in [0.717, 1.165) is 38.5 Å². The summed E-state index contributed by atoms with van der Waals surface area (Å²) < 4.78 is 5.42. The van der Waals surface area contributed by atoms with Crippen LogP contribution in [0.25, 0.3) is 6.08 Å². The minimum atomic E-state index is 0.478. The lowest BCUT2D eigenvalue weighted by Crippen LogP contribution is -2.43. The lowest BCUT2D eigenvalue weighted by Gasteiger charge is -2.25. The number of methoxy groups -OCH3 is 1. The van der Waals surface area contributed by atoms with Gasteiger partial charge in [0.25, 0.3) is 0 Å². The molecule has 0 atom stereocenters. The van der Waals surface area contributed by atoms with Crippen LogP contribution in [0.1, 0.15) is 30.9 Å². The van der Waals surface area contributed by atoms with Gasteiger partial charge in [-0.2, -0.15) is 0 Å². The third-order valence-corrected chi connectivity index (χ3v) is 3.76. The molecule has 0 amide bonds. The molecule has 1 aliphatic rings. The van der Waals surface area contributed by atoms with Crippen LogP contribution in [0.2, 0.25) is 0 Å². The van der Waals surface area contributed by atoms with Gasteiger partial charge < -0.3 is 10.1 Å². The van der Waals surface area contributed by atoms with E-state index in [1.807, 2.05) is 0 Å². The Bertz CT molecular complexity index is 448. The standard InChI is InChI=1S/C17H26N2O/c1-14(2)16-13-15(6-7-17(16)20-3)5-4-10-19-11-8-18-9-12-19/h4-7,13-14,18H,8-12H2,1-3H3/b5-4+. The number of nitrogens with zero attached hydrogens (tertiary/aromatic N) is 1. The lowest BCUT2D eigenvalue weighted by atomic mass is 9.99. The summed E-state index contributed by atoms with van der Waals surface area (Å²) in [4.78, 5) is 2.47. The summed E-state index contributed by atoms with van der Waals surface area (Å²) in [5.74, 6) is 1.46. The van der Waals surface area contributed by atoms with Crippen LogP contribution in [-0.4, -0.2) is 44.7 Å². The molecule has 1 aromatic rings. The van der Waals surface area contributed by atoms with Crippen LogP contribution in [0.3, 0.4) is 0 Å². The summed E-state index contributed by atoms with van der Waals surface area (Å²) in [6.07, 6.45) is 4.48. The molecule has 1 heterocycles. The van der Waals surface area contributed by atoms with E-state index in [9.17, 15) is 0 Å². The van der Waals surface area contributed by atoms with Crippen molar-refractivity contribution in [3.05, 3.63) is 35.4 Å². The average Bonchev–Trinajstić information content (AvgIpc) is 2.48. The highest BCUT2D eigenvalue weighted by Crippen LogP contribution is 2.27. The zero-order valence-electron chi connectivity index (χ0n) is 12.9. The molecule has 2 rings (SSSR count). The van der Waals surface area contributed by atoms with Crippen LogP contribution in [-0.2, 0) is 0 Å². The molecule has 0 spiro atoms. The fraction of sp³-hybridized carbons (Fsp3) is 0.529. The lowest BCUT2D eigenvalue weighted by molar-refractivity contribution is 0.265. The van der Waals surface area contributed by atoms with Gasteiger partial charge >= 0.3 is 0 Å². The molecular weight excluding hydrogens is 248 g/mol. The number of hydrogen-bond acceptors (Lipinski definition) is 3. The van der Waals surface area contributed by atoms with E-state index < -0.39 is 0 Å². The van der Waals surface area contributed by atoms with E-state index in [1.165, 1.54) is 11.1 Å². The Morgan fingerprint density at radius 3 is 2.70 bits per heavy atom. The maximum absolute atomic E-state index is 5.42. The zero-order chi connectivity index (χ0) is 14.4.